The number of halogens is 1. The quantitative estimate of drug-likeness (QED) is 0.563. The predicted octanol–water partition coefficient (Wildman–Crippen LogP) is 3.63. The average Bonchev–Trinajstić information content (AvgIpc) is 2.17. The minimum Gasteiger partial charge on any atom is -0.356 e. The monoisotopic (exact) mass is 274 g/mol. The summed E-state index contributed by atoms with van der Waals surface area (Å²) in [6.07, 6.45) is 5.63. The molecule has 1 aliphatic carbocycles. The van der Waals surface area contributed by atoms with Crippen molar-refractivity contribution < 1.29 is 9.47 Å². The number of rotatable bonds is 5. The molecule has 0 N–H and O–H groups in total. The van der Waals surface area contributed by atoms with Crippen molar-refractivity contribution in [2.75, 3.05) is 13.4 Å². The van der Waals surface area contributed by atoms with Crippen LogP contribution in [-0.2, 0) is 9.47 Å². The van der Waals surface area contributed by atoms with Crippen LogP contribution in [0.5, 0.6) is 0 Å². The molecule has 0 fully saturated rings. The van der Waals surface area contributed by atoms with Crippen LogP contribution >= 0.6 is 15.9 Å². The fourth-order valence-electron chi connectivity index (χ4n) is 1.58. The summed E-state index contributed by atoms with van der Waals surface area (Å²) in [6, 6.07) is 0. The van der Waals surface area contributed by atoms with E-state index in [-0.39, 0.29) is 6.10 Å². The maximum Gasteiger partial charge on any atom is 0.147 e. The smallest absolute Gasteiger partial charge is 0.147 e. The molecule has 2 atom stereocenters. The Balaban J connectivity index is 2.41. The predicted molar refractivity (Wildman–Crippen MR) is 65.9 cm³/mol. The highest BCUT2D eigenvalue weighted by molar-refractivity contribution is 9.11. The van der Waals surface area contributed by atoms with Crippen LogP contribution in [0.4, 0.5) is 0 Å². The molecule has 86 valence electrons. The summed E-state index contributed by atoms with van der Waals surface area (Å²) >= 11 is 3.60. The van der Waals surface area contributed by atoms with Gasteiger partial charge in [0.25, 0.3) is 0 Å². The lowest BCUT2D eigenvalue weighted by Crippen LogP contribution is -2.23. The van der Waals surface area contributed by atoms with E-state index in [9.17, 15) is 0 Å². The molecule has 0 radical (unpaired) electrons. The van der Waals surface area contributed by atoms with Crippen molar-refractivity contribution in [3.8, 4) is 0 Å². The Morgan fingerprint density at radius 3 is 2.93 bits per heavy atom. The summed E-state index contributed by atoms with van der Waals surface area (Å²) < 4.78 is 12.0. The third-order valence-corrected chi connectivity index (χ3v) is 3.42. The van der Waals surface area contributed by atoms with Crippen LogP contribution in [0.1, 0.15) is 27.2 Å². The fraction of sp³-hybridized carbons (Fsp3) is 0.667. The van der Waals surface area contributed by atoms with E-state index in [2.05, 4.69) is 41.9 Å². The molecule has 0 aliphatic heterocycles. The van der Waals surface area contributed by atoms with Gasteiger partial charge in [0, 0.05) is 17.0 Å². The molecule has 0 spiro atoms. The SMILES string of the molecule is CCOCO[C@H](C)C1CC=C(C)C=C1Br. The molecule has 15 heavy (non-hydrogen) atoms. The second-order valence-corrected chi connectivity index (χ2v) is 4.72. The third-order valence-electron chi connectivity index (χ3n) is 2.60. The summed E-state index contributed by atoms with van der Waals surface area (Å²) in [5, 5.41) is 0. The zero-order chi connectivity index (χ0) is 11.3. The number of hydrogen-bond donors (Lipinski definition) is 0. The van der Waals surface area contributed by atoms with Crippen LogP contribution < -0.4 is 0 Å². The minimum absolute atomic E-state index is 0.187. The highest BCUT2D eigenvalue weighted by atomic mass is 79.9. The van der Waals surface area contributed by atoms with Crippen LogP contribution in [0.3, 0.4) is 0 Å². The van der Waals surface area contributed by atoms with Gasteiger partial charge in [-0.25, -0.2) is 0 Å². The molecule has 0 amide bonds. The van der Waals surface area contributed by atoms with E-state index in [1.54, 1.807) is 0 Å². The first-order valence-corrected chi connectivity index (χ1v) is 6.17. The maximum absolute atomic E-state index is 5.61. The van der Waals surface area contributed by atoms with E-state index >= 15 is 0 Å². The van der Waals surface area contributed by atoms with Crippen molar-refractivity contribution in [2.24, 2.45) is 5.92 Å². The maximum atomic E-state index is 5.61. The second-order valence-electron chi connectivity index (χ2n) is 3.80. The lowest BCUT2D eigenvalue weighted by molar-refractivity contribution is -0.0916. The number of ether oxygens (including phenoxy) is 2. The Labute approximate surface area is 100 Å². The third kappa shape index (κ3) is 4.09. The first-order chi connectivity index (χ1) is 7.15. The molecule has 0 aromatic heterocycles. The molecule has 1 rings (SSSR count). The molecular weight excluding hydrogens is 256 g/mol. The minimum atomic E-state index is 0.187. The van der Waals surface area contributed by atoms with Gasteiger partial charge in [-0.1, -0.05) is 27.6 Å². The topological polar surface area (TPSA) is 18.5 Å². The lowest BCUT2D eigenvalue weighted by Gasteiger charge is -2.25. The molecule has 0 aromatic carbocycles. The lowest BCUT2D eigenvalue weighted by atomic mass is 9.93. The van der Waals surface area contributed by atoms with Gasteiger partial charge in [-0.05, 0) is 33.3 Å². The van der Waals surface area contributed by atoms with E-state index in [4.69, 9.17) is 9.47 Å². The molecular formula is C12H19BrO2. The van der Waals surface area contributed by atoms with Gasteiger partial charge in [0.2, 0.25) is 0 Å². The van der Waals surface area contributed by atoms with Crippen molar-refractivity contribution in [1.82, 2.24) is 0 Å². The molecule has 0 bridgehead atoms. The van der Waals surface area contributed by atoms with Crippen LogP contribution in [0.2, 0.25) is 0 Å². The largest absolute Gasteiger partial charge is 0.356 e. The van der Waals surface area contributed by atoms with Crippen LogP contribution in [0.15, 0.2) is 22.2 Å². The zero-order valence-electron chi connectivity index (χ0n) is 9.63. The first kappa shape index (κ1) is 12.9. The van der Waals surface area contributed by atoms with E-state index in [1.165, 1.54) is 10.1 Å². The van der Waals surface area contributed by atoms with Crippen LogP contribution in [0.25, 0.3) is 0 Å². The van der Waals surface area contributed by atoms with Gasteiger partial charge in [0.15, 0.2) is 0 Å². The molecule has 1 unspecified atom stereocenters. The van der Waals surface area contributed by atoms with Crippen molar-refractivity contribution in [2.45, 2.75) is 33.3 Å². The Hall–Kier alpha value is -0.120. The van der Waals surface area contributed by atoms with Gasteiger partial charge < -0.3 is 9.47 Å². The summed E-state index contributed by atoms with van der Waals surface area (Å²) in [5.74, 6) is 0.425. The average molecular weight is 275 g/mol. The first-order valence-electron chi connectivity index (χ1n) is 5.38. The Kier molecular flexibility index (Phi) is 5.58. The molecule has 0 saturated carbocycles. The van der Waals surface area contributed by atoms with Crippen molar-refractivity contribution in [3.05, 3.63) is 22.2 Å². The van der Waals surface area contributed by atoms with E-state index in [0.29, 0.717) is 19.3 Å². The number of allylic oxidation sites excluding steroid dienone is 3. The van der Waals surface area contributed by atoms with Crippen molar-refractivity contribution in [1.29, 1.82) is 0 Å². The fourth-order valence-corrected chi connectivity index (χ4v) is 2.50. The molecule has 0 aromatic rings. The summed E-state index contributed by atoms with van der Waals surface area (Å²) in [6.45, 7) is 7.26. The normalized spacial score (nSPS) is 23.3. The highest BCUT2D eigenvalue weighted by Crippen LogP contribution is 2.31. The highest BCUT2D eigenvalue weighted by Gasteiger charge is 2.22. The van der Waals surface area contributed by atoms with Gasteiger partial charge in [0.1, 0.15) is 6.79 Å². The van der Waals surface area contributed by atoms with Gasteiger partial charge >= 0.3 is 0 Å². The summed E-state index contributed by atoms with van der Waals surface area (Å²) in [5.41, 5.74) is 1.31. The van der Waals surface area contributed by atoms with Gasteiger partial charge in [-0.2, -0.15) is 0 Å². The van der Waals surface area contributed by atoms with Crippen molar-refractivity contribution in [3.63, 3.8) is 0 Å². The van der Waals surface area contributed by atoms with Gasteiger partial charge in [-0.3, -0.25) is 0 Å². The van der Waals surface area contributed by atoms with Crippen molar-refractivity contribution >= 4 is 15.9 Å². The van der Waals surface area contributed by atoms with Gasteiger partial charge in [-0.15, -0.1) is 0 Å². The van der Waals surface area contributed by atoms with E-state index in [0.717, 1.165) is 6.42 Å². The Morgan fingerprint density at radius 2 is 2.33 bits per heavy atom. The molecule has 1 aliphatic rings. The van der Waals surface area contributed by atoms with Crippen LogP contribution in [0, 0.1) is 5.92 Å². The number of hydrogen-bond acceptors (Lipinski definition) is 2. The Bertz CT molecular complexity index is 258. The molecule has 0 saturated heterocycles. The van der Waals surface area contributed by atoms with Crippen LogP contribution in [-0.4, -0.2) is 19.5 Å². The molecule has 3 heteroatoms. The molecule has 2 nitrogen and oxygen atoms in total. The Morgan fingerprint density at radius 1 is 1.60 bits per heavy atom. The summed E-state index contributed by atoms with van der Waals surface area (Å²) in [7, 11) is 0. The summed E-state index contributed by atoms with van der Waals surface area (Å²) in [4.78, 5) is 0. The molecule has 0 heterocycles. The zero-order valence-corrected chi connectivity index (χ0v) is 11.2. The standard InChI is InChI=1S/C12H19BrO2/c1-4-14-8-15-10(3)11-6-5-9(2)7-12(11)13/h5,7,10-11H,4,6,8H2,1-3H3/t10-,11?/m1/s1. The second kappa shape index (κ2) is 6.46. The van der Waals surface area contributed by atoms with E-state index < -0.39 is 0 Å². The van der Waals surface area contributed by atoms with E-state index in [1.807, 2.05) is 6.92 Å². The van der Waals surface area contributed by atoms with Gasteiger partial charge in [0.05, 0.1) is 6.10 Å².